The predicted octanol–water partition coefficient (Wildman–Crippen LogP) is 4.71. The average Bonchev–Trinajstić information content (AvgIpc) is 3.30. The Bertz CT molecular complexity index is 1250. The Morgan fingerprint density at radius 1 is 1.03 bits per heavy atom. The summed E-state index contributed by atoms with van der Waals surface area (Å²) in [7, 11) is 0. The number of amides is 2. The van der Waals surface area contributed by atoms with Gasteiger partial charge in [0, 0.05) is 30.0 Å². The molecule has 0 spiro atoms. The maximum Gasteiger partial charge on any atom is 0.250 e. The highest BCUT2D eigenvalue weighted by Crippen LogP contribution is 2.36. The van der Waals surface area contributed by atoms with Gasteiger partial charge in [-0.05, 0) is 42.7 Å². The zero-order valence-electron chi connectivity index (χ0n) is 18.5. The predicted molar refractivity (Wildman–Crippen MR) is 129 cm³/mol. The minimum absolute atomic E-state index is 0.0121. The zero-order valence-corrected chi connectivity index (χ0v) is 18.5. The van der Waals surface area contributed by atoms with E-state index < -0.39 is 5.54 Å². The molecule has 0 aliphatic carbocycles. The molecule has 3 aromatic carbocycles. The minimum Gasteiger partial charge on any atom is -0.328 e. The lowest BCUT2D eigenvalue weighted by Crippen LogP contribution is -2.66. The number of benzene rings is 3. The number of likely N-dealkylation sites (tertiary alicyclic amines) is 1. The van der Waals surface area contributed by atoms with Crippen molar-refractivity contribution in [2.75, 3.05) is 11.9 Å². The van der Waals surface area contributed by atoms with Crippen molar-refractivity contribution < 1.29 is 9.59 Å². The van der Waals surface area contributed by atoms with Crippen molar-refractivity contribution in [1.82, 2.24) is 15.1 Å². The summed E-state index contributed by atoms with van der Waals surface area (Å²) in [4.78, 5) is 28.4. The van der Waals surface area contributed by atoms with Gasteiger partial charge in [0.25, 0.3) is 0 Å². The summed E-state index contributed by atoms with van der Waals surface area (Å²) in [5.74, 6) is -0.237. The van der Waals surface area contributed by atoms with Crippen molar-refractivity contribution in [2.24, 2.45) is 0 Å². The van der Waals surface area contributed by atoms with Crippen LogP contribution in [0.1, 0.15) is 36.8 Å². The molecule has 1 unspecified atom stereocenters. The molecule has 2 heterocycles. The molecule has 2 N–H and O–H groups in total. The smallest absolute Gasteiger partial charge is 0.250 e. The van der Waals surface area contributed by atoms with E-state index in [0.29, 0.717) is 25.1 Å². The Hall–Kier alpha value is -3.93. The molecule has 1 aliphatic rings. The number of aromatic amines is 1. The van der Waals surface area contributed by atoms with Gasteiger partial charge in [-0.25, -0.2) is 0 Å². The van der Waals surface area contributed by atoms with Gasteiger partial charge in [0.2, 0.25) is 11.8 Å². The van der Waals surface area contributed by atoms with Crippen LogP contribution in [0.5, 0.6) is 0 Å². The highest BCUT2D eigenvalue weighted by Gasteiger charge is 2.49. The van der Waals surface area contributed by atoms with E-state index in [1.165, 1.54) is 0 Å². The van der Waals surface area contributed by atoms with E-state index >= 15 is 0 Å². The number of fused-ring (bicyclic) bond motifs is 1. The number of nitrogens with zero attached hydrogens (tertiary/aromatic N) is 2. The molecule has 166 valence electrons. The molecular weight excluding hydrogens is 412 g/mol. The van der Waals surface area contributed by atoms with Crippen molar-refractivity contribution >= 4 is 28.4 Å². The van der Waals surface area contributed by atoms with Crippen molar-refractivity contribution in [3.05, 3.63) is 96.2 Å². The van der Waals surface area contributed by atoms with Crippen LogP contribution in [0.4, 0.5) is 5.69 Å². The van der Waals surface area contributed by atoms with Gasteiger partial charge in [-0.2, -0.15) is 5.10 Å². The molecule has 1 fully saturated rings. The Kier molecular flexibility index (Phi) is 5.42. The quantitative estimate of drug-likeness (QED) is 0.457. The zero-order chi connectivity index (χ0) is 22.8. The number of rotatable bonds is 6. The summed E-state index contributed by atoms with van der Waals surface area (Å²) in [6, 6.07) is 25.8. The third-order valence-electron chi connectivity index (χ3n) is 6.69. The van der Waals surface area contributed by atoms with E-state index in [2.05, 4.69) is 39.8 Å². The van der Waals surface area contributed by atoms with E-state index in [9.17, 15) is 9.59 Å². The fraction of sp³-hybridized carbons (Fsp3) is 0.222. The molecule has 1 aliphatic heterocycles. The molecule has 1 atom stereocenters. The maximum absolute atomic E-state index is 13.4. The molecular formula is C27H26N4O2. The Morgan fingerprint density at radius 2 is 1.70 bits per heavy atom. The number of aromatic nitrogens is 2. The van der Waals surface area contributed by atoms with Crippen LogP contribution in [0.2, 0.25) is 0 Å². The molecule has 33 heavy (non-hydrogen) atoms. The monoisotopic (exact) mass is 438 g/mol. The Balaban J connectivity index is 1.33. The SMILES string of the molecule is CC1(C(=O)Nc2ccc3[nH]ncc3c2)CCN1C(=O)CC(c1ccccc1)c1ccccc1. The number of nitrogens with one attached hydrogen (secondary N) is 2. The van der Waals surface area contributed by atoms with Gasteiger partial charge in [0.15, 0.2) is 0 Å². The number of carbonyl (C=O) groups excluding carboxylic acids is 2. The number of H-pyrrole nitrogens is 1. The normalized spacial score (nSPS) is 17.7. The molecule has 0 radical (unpaired) electrons. The molecule has 4 aromatic rings. The lowest BCUT2D eigenvalue weighted by Gasteiger charge is -2.49. The van der Waals surface area contributed by atoms with Crippen LogP contribution in [0.3, 0.4) is 0 Å². The van der Waals surface area contributed by atoms with E-state index in [1.807, 2.05) is 61.5 Å². The first kappa shape index (κ1) is 20.9. The van der Waals surface area contributed by atoms with Crippen LogP contribution in [0.25, 0.3) is 10.9 Å². The van der Waals surface area contributed by atoms with Crippen molar-refractivity contribution in [1.29, 1.82) is 0 Å². The molecule has 6 nitrogen and oxygen atoms in total. The number of hydrogen-bond donors (Lipinski definition) is 2. The molecule has 0 bridgehead atoms. The lowest BCUT2D eigenvalue weighted by atomic mass is 9.82. The summed E-state index contributed by atoms with van der Waals surface area (Å²) in [6.07, 6.45) is 2.68. The summed E-state index contributed by atoms with van der Waals surface area (Å²) in [5.41, 5.74) is 2.93. The average molecular weight is 439 g/mol. The summed E-state index contributed by atoms with van der Waals surface area (Å²) in [5, 5.41) is 10.8. The standard InChI is InChI=1S/C27H26N4O2/c1-27(26(33)29-22-12-13-24-21(16-22)18-28-30-24)14-15-31(27)25(32)17-23(19-8-4-2-5-9-19)20-10-6-3-7-11-20/h2-13,16,18,23H,14-15,17H2,1H3,(H,28,30)(H,29,33). The Labute approximate surface area is 192 Å². The fourth-order valence-electron chi connectivity index (χ4n) is 4.56. The molecule has 0 saturated carbocycles. The van der Waals surface area contributed by atoms with Crippen molar-refractivity contribution in [3.63, 3.8) is 0 Å². The van der Waals surface area contributed by atoms with Gasteiger partial charge in [0.1, 0.15) is 5.54 Å². The highest BCUT2D eigenvalue weighted by molar-refractivity contribution is 6.02. The first-order valence-electron chi connectivity index (χ1n) is 11.2. The molecule has 5 rings (SSSR count). The van der Waals surface area contributed by atoms with Crippen LogP contribution < -0.4 is 5.32 Å². The summed E-state index contributed by atoms with van der Waals surface area (Å²) < 4.78 is 0. The van der Waals surface area contributed by atoms with E-state index in [1.54, 1.807) is 11.1 Å². The van der Waals surface area contributed by atoms with E-state index in [0.717, 1.165) is 22.0 Å². The molecule has 2 amide bonds. The van der Waals surface area contributed by atoms with Crippen molar-refractivity contribution in [3.8, 4) is 0 Å². The largest absolute Gasteiger partial charge is 0.328 e. The molecule has 1 saturated heterocycles. The van der Waals surface area contributed by atoms with Crippen LogP contribution in [0.15, 0.2) is 85.1 Å². The minimum atomic E-state index is -0.861. The summed E-state index contributed by atoms with van der Waals surface area (Å²) >= 11 is 0. The lowest BCUT2D eigenvalue weighted by molar-refractivity contribution is -0.154. The van der Waals surface area contributed by atoms with Gasteiger partial charge in [-0.1, -0.05) is 60.7 Å². The number of anilines is 1. The second kappa shape index (κ2) is 8.54. The molecule has 6 heteroatoms. The maximum atomic E-state index is 13.4. The third-order valence-corrected chi connectivity index (χ3v) is 6.69. The van der Waals surface area contributed by atoms with Crippen LogP contribution >= 0.6 is 0 Å². The topological polar surface area (TPSA) is 78.1 Å². The summed E-state index contributed by atoms with van der Waals surface area (Å²) in [6.45, 7) is 2.43. The fourth-order valence-corrected chi connectivity index (χ4v) is 4.56. The van der Waals surface area contributed by atoms with Gasteiger partial charge in [0.05, 0.1) is 11.7 Å². The first-order valence-corrected chi connectivity index (χ1v) is 11.2. The number of carbonyl (C=O) groups is 2. The van der Waals surface area contributed by atoms with E-state index in [4.69, 9.17) is 0 Å². The van der Waals surface area contributed by atoms with Gasteiger partial charge < -0.3 is 10.2 Å². The van der Waals surface area contributed by atoms with Crippen LogP contribution in [0, 0.1) is 0 Å². The third kappa shape index (κ3) is 4.00. The van der Waals surface area contributed by atoms with E-state index in [-0.39, 0.29) is 17.7 Å². The van der Waals surface area contributed by atoms with Crippen LogP contribution in [-0.2, 0) is 9.59 Å². The highest BCUT2D eigenvalue weighted by atomic mass is 16.2. The molecule has 1 aromatic heterocycles. The second-order valence-electron chi connectivity index (χ2n) is 8.77. The van der Waals surface area contributed by atoms with Crippen molar-refractivity contribution in [2.45, 2.75) is 31.2 Å². The first-order chi connectivity index (χ1) is 16.0. The Morgan fingerprint density at radius 3 is 2.30 bits per heavy atom. The second-order valence-corrected chi connectivity index (χ2v) is 8.77. The van der Waals surface area contributed by atoms with Gasteiger partial charge >= 0.3 is 0 Å². The number of hydrogen-bond acceptors (Lipinski definition) is 3. The van der Waals surface area contributed by atoms with Gasteiger partial charge in [-0.3, -0.25) is 14.7 Å². The van der Waals surface area contributed by atoms with Gasteiger partial charge in [-0.15, -0.1) is 0 Å². The van der Waals surface area contributed by atoms with Crippen LogP contribution in [-0.4, -0.2) is 39.0 Å².